The number of rotatable bonds is 9. The van der Waals surface area contributed by atoms with E-state index in [0.29, 0.717) is 18.4 Å². The quantitative estimate of drug-likeness (QED) is 0.222. The molecule has 0 spiro atoms. The number of carbonyl (C=O) groups is 2. The Morgan fingerprint density at radius 3 is 2.64 bits per heavy atom. The van der Waals surface area contributed by atoms with Crippen LogP contribution >= 0.6 is 0 Å². The van der Waals surface area contributed by atoms with E-state index in [1.165, 1.54) is 24.3 Å². The van der Waals surface area contributed by atoms with Gasteiger partial charge in [-0.25, -0.2) is 4.79 Å². The molecule has 25 heavy (non-hydrogen) atoms. The van der Waals surface area contributed by atoms with Gasteiger partial charge in [0.15, 0.2) is 0 Å². The third kappa shape index (κ3) is 4.52. The highest BCUT2D eigenvalue weighted by Crippen LogP contribution is 2.35. The van der Waals surface area contributed by atoms with E-state index in [4.69, 9.17) is 9.99 Å². The molecule has 0 radical (unpaired) electrons. The third-order valence-electron chi connectivity index (χ3n) is 4.36. The minimum atomic E-state index is -0.645. The zero-order valence-corrected chi connectivity index (χ0v) is 13.8. The molecule has 9 heteroatoms. The van der Waals surface area contributed by atoms with Crippen LogP contribution in [0.4, 0.5) is 5.69 Å². The number of non-ortho nitro benzene ring substituents is 1. The van der Waals surface area contributed by atoms with Crippen LogP contribution in [0.1, 0.15) is 25.3 Å². The molecule has 2 N–H and O–H groups in total. The largest absolute Gasteiger partial charge is 0.396 e. The van der Waals surface area contributed by atoms with Crippen molar-refractivity contribution in [2.45, 2.75) is 32.2 Å². The van der Waals surface area contributed by atoms with Gasteiger partial charge in [0.25, 0.3) is 5.69 Å². The second kappa shape index (κ2) is 8.04. The Morgan fingerprint density at radius 1 is 1.40 bits per heavy atom. The predicted molar refractivity (Wildman–Crippen MR) is 85.2 cm³/mol. The molecule has 2 rings (SSSR count). The molecule has 0 saturated carbocycles. The molecule has 0 aromatic heterocycles. The van der Waals surface area contributed by atoms with Gasteiger partial charge in [-0.1, -0.05) is 12.1 Å². The number of nitro groups is 1. The summed E-state index contributed by atoms with van der Waals surface area (Å²) in [6.45, 7) is 1.80. The lowest BCUT2D eigenvalue weighted by Crippen LogP contribution is -2.66. The molecule has 0 aliphatic carbocycles. The minimum Gasteiger partial charge on any atom is -0.396 e. The first-order chi connectivity index (χ1) is 11.9. The zero-order valence-electron chi connectivity index (χ0n) is 13.8. The maximum Gasteiger partial charge on any atom is 0.346 e. The van der Waals surface area contributed by atoms with Crippen molar-refractivity contribution in [1.82, 2.24) is 5.32 Å². The number of aliphatic hydroxyl groups excluding tert-OH is 1. The van der Waals surface area contributed by atoms with Crippen LogP contribution in [0.5, 0.6) is 0 Å². The van der Waals surface area contributed by atoms with Gasteiger partial charge in [0.05, 0.1) is 23.4 Å². The van der Waals surface area contributed by atoms with Crippen LogP contribution in [-0.4, -0.2) is 41.2 Å². The highest BCUT2D eigenvalue weighted by atomic mass is 17.2. The maximum absolute atomic E-state index is 11.7. The lowest BCUT2D eigenvalue weighted by Gasteiger charge is -2.46. The average Bonchev–Trinajstić information content (AvgIpc) is 2.59. The molecular formula is C16H20N2O7. The number of hydrogen-bond donors (Lipinski definition) is 2. The summed E-state index contributed by atoms with van der Waals surface area (Å²) in [7, 11) is 0. The van der Waals surface area contributed by atoms with Crippen molar-refractivity contribution < 1.29 is 29.4 Å². The Labute approximate surface area is 144 Å². The first kappa shape index (κ1) is 18.8. The van der Waals surface area contributed by atoms with Crippen molar-refractivity contribution in [1.29, 1.82) is 0 Å². The highest BCUT2D eigenvalue weighted by Gasteiger charge is 2.50. The molecule has 2 atom stereocenters. The van der Waals surface area contributed by atoms with E-state index in [2.05, 4.69) is 10.2 Å². The molecule has 1 saturated heterocycles. The number of benzene rings is 1. The Bertz CT molecular complexity index is 646. The first-order valence-electron chi connectivity index (χ1n) is 7.84. The summed E-state index contributed by atoms with van der Waals surface area (Å²) < 4.78 is 0. The molecular weight excluding hydrogens is 332 g/mol. The summed E-state index contributed by atoms with van der Waals surface area (Å²) in [5.74, 6) is -0.754. The van der Waals surface area contributed by atoms with E-state index in [9.17, 15) is 19.7 Å². The van der Waals surface area contributed by atoms with Crippen LogP contribution in [0.3, 0.4) is 0 Å². The van der Waals surface area contributed by atoms with Crippen molar-refractivity contribution in [3.8, 4) is 0 Å². The van der Waals surface area contributed by atoms with Crippen molar-refractivity contribution >= 4 is 17.6 Å². The van der Waals surface area contributed by atoms with Crippen molar-refractivity contribution in [3.63, 3.8) is 0 Å². The topological polar surface area (TPSA) is 128 Å². The summed E-state index contributed by atoms with van der Waals surface area (Å²) in [6, 6.07) is 5.43. The number of β-lactam (4-membered cyclic amide) rings is 1. The maximum atomic E-state index is 11.7. The fourth-order valence-electron chi connectivity index (χ4n) is 2.66. The molecule has 1 fully saturated rings. The molecule has 0 bridgehead atoms. The molecule has 1 aliphatic rings. The summed E-state index contributed by atoms with van der Waals surface area (Å²) >= 11 is 0. The summed E-state index contributed by atoms with van der Waals surface area (Å²) in [5, 5.41) is 22.2. The van der Waals surface area contributed by atoms with Crippen LogP contribution in [-0.2, 0) is 25.8 Å². The van der Waals surface area contributed by atoms with Gasteiger partial charge in [-0.2, -0.15) is 4.89 Å². The number of aliphatic hydroxyl groups is 1. The van der Waals surface area contributed by atoms with Crippen molar-refractivity contribution in [2.75, 3.05) is 13.2 Å². The van der Waals surface area contributed by atoms with Gasteiger partial charge in [0, 0.05) is 24.8 Å². The van der Waals surface area contributed by atoms with Gasteiger partial charge in [-0.3, -0.25) is 19.8 Å². The number of nitrogens with zero attached hydrogens (tertiary/aromatic N) is 1. The second-order valence-electron chi connectivity index (χ2n) is 6.08. The fraction of sp³-hybridized carbons (Fsp3) is 0.500. The Hall–Kier alpha value is -2.52. The van der Waals surface area contributed by atoms with Gasteiger partial charge >= 0.3 is 5.97 Å². The van der Waals surface area contributed by atoms with E-state index >= 15 is 0 Å². The van der Waals surface area contributed by atoms with Gasteiger partial charge in [0.2, 0.25) is 5.91 Å². The van der Waals surface area contributed by atoms with Crippen molar-refractivity contribution in [3.05, 3.63) is 39.9 Å². The van der Waals surface area contributed by atoms with Crippen LogP contribution < -0.4 is 5.32 Å². The van der Waals surface area contributed by atoms with E-state index in [0.717, 1.165) is 0 Å². The second-order valence-corrected chi connectivity index (χ2v) is 6.08. The zero-order chi connectivity index (χ0) is 18.4. The highest BCUT2D eigenvalue weighted by molar-refractivity contribution is 5.89. The molecule has 2 unspecified atom stereocenters. The van der Waals surface area contributed by atoms with E-state index in [1.807, 2.05) is 0 Å². The number of amides is 1. The lowest BCUT2D eigenvalue weighted by atomic mass is 9.71. The SMILES string of the molecule is CC1(CCOOC(=O)Cc2ccc([N+](=O)[O-])cc2)C(=O)NC1CCO. The standard InChI is InChI=1S/C16H20N2O7/c1-16(13(6-8-19)17-15(16)21)7-9-24-25-14(20)10-11-2-4-12(5-3-11)18(22)23/h2-5,13,19H,6-10H2,1H3,(H,17,21). The summed E-state index contributed by atoms with van der Waals surface area (Å²) in [6.07, 6.45) is 0.735. The third-order valence-corrected chi connectivity index (χ3v) is 4.36. The first-order valence-corrected chi connectivity index (χ1v) is 7.84. The molecule has 136 valence electrons. The molecule has 1 heterocycles. The molecule has 1 aromatic carbocycles. The van der Waals surface area contributed by atoms with Crippen LogP contribution in [0.15, 0.2) is 24.3 Å². The van der Waals surface area contributed by atoms with Gasteiger partial charge in [-0.15, -0.1) is 0 Å². The lowest BCUT2D eigenvalue weighted by molar-refractivity contribution is -0.384. The van der Waals surface area contributed by atoms with Gasteiger partial charge in [-0.05, 0) is 25.3 Å². The normalized spacial score (nSPS) is 22.0. The number of hydrogen-bond acceptors (Lipinski definition) is 7. The Balaban J connectivity index is 1.72. The summed E-state index contributed by atoms with van der Waals surface area (Å²) in [4.78, 5) is 42.9. The van der Waals surface area contributed by atoms with Gasteiger partial charge < -0.3 is 10.4 Å². The van der Waals surface area contributed by atoms with E-state index < -0.39 is 16.3 Å². The molecule has 1 aromatic rings. The monoisotopic (exact) mass is 352 g/mol. The fourth-order valence-corrected chi connectivity index (χ4v) is 2.66. The molecule has 1 amide bonds. The number of nitro benzene ring substituents is 1. The Kier molecular flexibility index (Phi) is 6.05. The summed E-state index contributed by atoms with van der Waals surface area (Å²) in [5.41, 5.74) is -0.140. The van der Waals surface area contributed by atoms with Gasteiger partial charge in [0.1, 0.15) is 0 Å². The molecule has 9 nitrogen and oxygen atoms in total. The van der Waals surface area contributed by atoms with Crippen molar-refractivity contribution in [2.24, 2.45) is 5.41 Å². The van der Waals surface area contributed by atoms with E-state index in [-0.39, 0.29) is 37.3 Å². The van der Waals surface area contributed by atoms with E-state index in [1.54, 1.807) is 6.92 Å². The van der Waals surface area contributed by atoms with Crippen LogP contribution in [0, 0.1) is 15.5 Å². The number of nitrogens with one attached hydrogen (secondary N) is 1. The smallest absolute Gasteiger partial charge is 0.346 e. The predicted octanol–water partition coefficient (Wildman–Crippen LogP) is 0.889. The number of carbonyl (C=O) groups excluding carboxylic acids is 2. The van der Waals surface area contributed by atoms with Crippen LogP contribution in [0.2, 0.25) is 0 Å². The molecule has 1 aliphatic heterocycles. The van der Waals surface area contributed by atoms with Crippen LogP contribution in [0.25, 0.3) is 0 Å². The minimum absolute atomic E-state index is 0.0222. The average molecular weight is 352 g/mol. The Morgan fingerprint density at radius 2 is 2.08 bits per heavy atom.